The third kappa shape index (κ3) is 2.07. The summed E-state index contributed by atoms with van der Waals surface area (Å²) in [6.45, 7) is 0. The van der Waals surface area contributed by atoms with Crippen LogP contribution in [0.15, 0.2) is 48.0 Å². The predicted molar refractivity (Wildman–Crippen MR) is 77.1 cm³/mol. The molecule has 1 N–H and O–H groups in total. The van der Waals surface area contributed by atoms with Crippen LogP contribution in [0, 0.1) is 0 Å². The molecule has 2 aromatic rings. The summed E-state index contributed by atoms with van der Waals surface area (Å²) in [5.74, 6) is 1.02. The molecule has 0 saturated heterocycles. The molecule has 0 fully saturated rings. The van der Waals surface area contributed by atoms with Gasteiger partial charge in [-0.1, -0.05) is 24.3 Å². The Morgan fingerprint density at radius 3 is 2.60 bits per heavy atom. The zero-order valence-electron chi connectivity index (χ0n) is 11.1. The van der Waals surface area contributed by atoms with Gasteiger partial charge in [-0.3, -0.25) is 4.79 Å². The first-order chi connectivity index (χ1) is 9.69. The summed E-state index contributed by atoms with van der Waals surface area (Å²) in [7, 11) is 1.61. The van der Waals surface area contributed by atoms with Crippen molar-refractivity contribution in [3.8, 4) is 11.5 Å². The number of hydrogen-bond donors (Lipinski definition) is 1. The molecule has 3 heteroatoms. The van der Waals surface area contributed by atoms with Crippen LogP contribution in [0.1, 0.15) is 21.5 Å². The second-order valence-corrected chi connectivity index (χ2v) is 4.75. The summed E-state index contributed by atoms with van der Waals surface area (Å²) in [6.07, 6.45) is 2.44. The fraction of sp³-hybridized carbons (Fsp3) is 0.118. The van der Waals surface area contributed by atoms with Crippen molar-refractivity contribution >= 4 is 11.9 Å². The third-order valence-electron chi connectivity index (χ3n) is 3.49. The van der Waals surface area contributed by atoms with Crippen LogP contribution >= 0.6 is 0 Å². The van der Waals surface area contributed by atoms with Crippen LogP contribution in [0.3, 0.4) is 0 Å². The van der Waals surface area contributed by atoms with Gasteiger partial charge in [-0.2, -0.15) is 0 Å². The molecule has 0 amide bonds. The van der Waals surface area contributed by atoms with Gasteiger partial charge < -0.3 is 9.84 Å². The highest BCUT2D eigenvalue weighted by molar-refractivity contribution is 6.16. The van der Waals surface area contributed by atoms with Crippen LogP contribution in [0.25, 0.3) is 6.08 Å². The van der Waals surface area contributed by atoms with E-state index in [0.717, 1.165) is 28.0 Å². The first-order valence-corrected chi connectivity index (χ1v) is 6.39. The number of phenolic OH excluding ortho intramolecular Hbond substituents is 1. The zero-order chi connectivity index (χ0) is 14.1. The first kappa shape index (κ1) is 12.5. The maximum absolute atomic E-state index is 12.4. The van der Waals surface area contributed by atoms with E-state index in [1.807, 2.05) is 24.3 Å². The fourth-order valence-corrected chi connectivity index (χ4v) is 2.48. The summed E-state index contributed by atoms with van der Waals surface area (Å²) < 4.78 is 5.31. The van der Waals surface area contributed by atoms with Gasteiger partial charge in [-0.05, 0) is 29.8 Å². The van der Waals surface area contributed by atoms with Gasteiger partial charge in [-0.25, -0.2) is 0 Å². The molecule has 0 unspecified atom stereocenters. The number of rotatable bonds is 2. The van der Waals surface area contributed by atoms with Crippen molar-refractivity contribution in [1.82, 2.24) is 0 Å². The van der Waals surface area contributed by atoms with Gasteiger partial charge in [0.2, 0.25) is 0 Å². The van der Waals surface area contributed by atoms with E-state index < -0.39 is 0 Å². The molecule has 0 spiro atoms. The number of ketones is 1. The largest absolute Gasteiger partial charge is 0.508 e. The first-order valence-electron chi connectivity index (χ1n) is 6.39. The minimum Gasteiger partial charge on any atom is -0.508 e. The van der Waals surface area contributed by atoms with Crippen LogP contribution in [0.5, 0.6) is 11.5 Å². The molecule has 0 radical (unpaired) electrons. The number of phenols is 1. The number of benzene rings is 2. The van der Waals surface area contributed by atoms with Crippen LogP contribution in [0.4, 0.5) is 0 Å². The normalized spacial score (nSPS) is 15.4. The van der Waals surface area contributed by atoms with Gasteiger partial charge in [0.1, 0.15) is 11.5 Å². The second-order valence-electron chi connectivity index (χ2n) is 4.75. The maximum Gasteiger partial charge on any atom is 0.189 e. The Balaban J connectivity index is 1.99. The number of methoxy groups -OCH3 is 1. The molecule has 0 aliphatic heterocycles. The quantitative estimate of drug-likeness (QED) is 0.849. The highest BCUT2D eigenvalue weighted by Crippen LogP contribution is 2.34. The minimum atomic E-state index is 0.0481. The second kappa shape index (κ2) is 4.85. The Hall–Kier alpha value is -2.55. The maximum atomic E-state index is 12.4. The Morgan fingerprint density at radius 1 is 1.15 bits per heavy atom. The lowest BCUT2D eigenvalue weighted by molar-refractivity contribution is 0.104. The minimum absolute atomic E-state index is 0.0481. The highest BCUT2D eigenvalue weighted by Gasteiger charge is 2.27. The number of carbonyl (C=O) groups is 1. The molecule has 3 nitrogen and oxygen atoms in total. The zero-order valence-corrected chi connectivity index (χ0v) is 11.1. The van der Waals surface area contributed by atoms with Crippen molar-refractivity contribution in [2.24, 2.45) is 0 Å². The van der Waals surface area contributed by atoms with Gasteiger partial charge in [0.05, 0.1) is 7.11 Å². The van der Waals surface area contributed by atoms with Crippen LogP contribution in [-0.4, -0.2) is 18.0 Å². The molecular formula is C17H14O3. The Morgan fingerprint density at radius 2 is 1.90 bits per heavy atom. The van der Waals surface area contributed by atoms with Gasteiger partial charge in [0.15, 0.2) is 5.78 Å². The summed E-state index contributed by atoms with van der Waals surface area (Å²) in [5.41, 5.74) is 3.31. The summed E-state index contributed by atoms with van der Waals surface area (Å²) in [6, 6.07) is 12.3. The number of ether oxygens (including phenoxy) is 1. The smallest absolute Gasteiger partial charge is 0.189 e. The lowest BCUT2D eigenvalue weighted by Crippen LogP contribution is -1.95. The number of Topliss-reactive ketones (excluding diaryl/α,β-unsaturated/α-hetero) is 1. The van der Waals surface area contributed by atoms with Crippen molar-refractivity contribution in [3.05, 3.63) is 64.7 Å². The monoisotopic (exact) mass is 266 g/mol. The van der Waals surface area contributed by atoms with E-state index >= 15 is 0 Å². The lowest BCUT2D eigenvalue weighted by atomic mass is 10.1. The number of allylic oxidation sites excluding steroid dienone is 1. The molecule has 0 bridgehead atoms. The van der Waals surface area contributed by atoms with E-state index in [4.69, 9.17) is 4.74 Å². The van der Waals surface area contributed by atoms with Crippen molar-refractivity contribution in [2.75, 3.05) is 7.11 Å². The molecule has 2 aromatic carbocycles. The van der Waals surface area contributed by atoms with E-state index in [9.17, 15) is 9.90 Å². The van der Waals surface area contributed by atoms with Gasteiger partial charge in [0, 0.05) is 23.1 Å². The van der Waals surface area contributed by atoms with E-state index in [1.54, 1.807) is 31.4 Å². The molecule has 1 aliphatic rings. The molecule has 1 aliphatic carbocycles. The SMILES string of the molecule is COc1cccc2c1C/C(=C\c1ccc(O)cc1)C2=O. The molecular weight excluding hydrogens is 252 g/mol. The molecule has 0 aromatic heterocycles. The Kier molecular flexibility index (Phi) is 3.03. The number of carbonyl (C=O) groups excluding carboxylic acids is 1. The fourth-order valence-electron chi connectivity index (χ4n) is 2.48. The highest BCUT2D eigenvalue weighted by atomic mass is 16.5. The van der Waals surface area contributed by atoms with Crippen LogP contribution in [-0.2, 0) is 6.42 Å². The molecule has 0 saturated carbocycles. The predicted octanol–water partition coefficient (Wildman–Crippen LogP) is 3.22. The summed E-state index contributed by atoms with van der Waals surface area (Å²) in [5, 5.41) is 9.28. The topological polar surface area (TPSA) is 46.5 Å². The average Bonchev–Trinajstić information content (AvgIpc) is 2.78. The van der Waals surface area contributed by atoms with E-state index in [0.29, 0.717) is 6.42 Å². The van der Waals surface area contributed by atoms with E-state index in [2.05, 4.69) is 0 Å². The number of aromatic hydroxyl groups is 1. The number of fused-ring (bicyclic) bond motifs is 1. The van der Waals surface area contributed by atoms with E-state index in [-0.39, 0.29) is 11.5 Å². The summed E-state index contributed by atoms with van der Waals surface area (Å²) in [4.78, 5) is 12.4. The van der Waals surface area contributed by atoms with Crippen molar-refractivity contribution in [2.45, 2.75) is 6.42 Å². The molecule has 0 heterocycles. The third-order valence-corrected chi connectivity index (χ3v) is 3.49. The van der Waals surface area contributed by atoms with Gasteiger partial charge in [0.25, 0.3) is 0 Å². The summed E-state index contributed by atoms with van der Waals surface area (Å²) >= 11 is 0. The number of hydrogen-bond acceptors (Lipinski definition) is 3. The molecule has 0 atom stereocenters. The van der Waals surface area contributed by atoms with Crippen LogP contribution in [0.2, 0.25) is 0 Å². The van der Waals surface area contributed by atoms with Gasteiger partial charge in [-0.15, -0.1) is 0 Å². The standard InChI is InChI=1S/C17H14O3/c1-20-16-4-2-3-14-15(16)10-12(17(14)19)9-11-5-7-13(18)8-6-11/h2-9,18H,10H2,1H3/b12-9+. The van der Waals surface area contributed by atoms with Crippen molar-refractivity contribution in [3.63, 3.8) is 0 Å². The Labute approximate surface area is 117 Å². The van der Waals surface area contributed by atoms with Crippen molar-refractivity contribution in [1.29, 1.82) is 0 Å². The molecule has 3 rings (SSSR count). The Bertz CT molecular complexity index is 697. The molecule has 20 heavy (non-hydrogen) atoms. The lowest BCUT2D eigenvalue weighted by Gasteiger charge is -2.04. The van der Waals surface area contributed by atoms with Crippen molar-refractivity contribution < 1.29 is 14.6 Å². The molecule has 100 valence electrons. The van der Waals surface area contributed by atoms with E-state index in [1.165, 1.54) is 0 Å². The average molecular weight is 266 g/mol. The van der Waals surface area contributed by atoms with Crippen LogP contribution < -0.4 is 4.74 Å². The van der Waals surface area contributed by atoms with Gasteiger partial charge >= 0.3 is 0 Å².